The summed E-state index contributed by atoms with van der Waals surface area (Å²) < 4.78 is 4.70. The molecule has 0 atom stereocenters. The highest BCUT2D eigenvalue weighted by molar-refractivity contribution is 6.04. The largest absolute Gasteiger partial charge is 0.501 e. The Labute approximate surface area is 176 Å². The average molecular weight is 420 g/mol. The van der Waals surface area contributed by atoms with Crippen LogP contribution in [0.5, 0.6) is 5.75 Å². The third-order valence-corrected chi connectivity index (χ3v) is 5.56. The van der Waals surface area contributed by atoms with Crippen LogP contribution in [0.3, 0.4) is 0 Å². The molecular weight excluding hydrogens is 400 g/mol. The molecule has 0 saturated heterocycles. The number of fused-ring (bicyclic) bond motifs is 1. The van der Waals surface area contributed by atoms with E-state index in [1.54, 1.807) is 7.05 Å². The van der Waals surface area contributed by atoms with Gasteiger partial charge in [0, 0.05) is 20.1 Å². The first-order valence-corrected chi connectivity index (χ1v) is 9.89. The maximum absolute atomic E-state index is 12.8. The standard InChI is InChI=1S/C20H20N8O3/c1-26-10-14(24-25-26)22-19(30)15-16(29)20(31)27(2)17(23-15)18-21-12-8-3-4-9-13(12)28(18)11-6-5-7-11/h3-4,8-11,29H,5-7H2,1-2H3,(H,22,30). The van der Waals surface area contributed by atoms with Crippen LogP contribution in [0.1, 0.15) is 35.8 Å². The van der Waals surface area contributed by atoms with Crippen LogP contribution in [0.15, 0.2) is 35.3 Å². The number of aromatic nitrogens is 7. The Hall–Kier alpha value is -4.02. The van der Waals surface area contributed by atoms with Gasteiger partial charge < -0.3 is 15.0 Å². The quantitative estimate of drug-likeness (QED) is 0.512. The van der Waals surface area contributed by atoms with Crippen LogP contribution in [0, 0.1) is 0 Å². The Morgan fingerprint density at radius 2 is 1.94 bits per heavy atom. The molecule has 1 saturated carbocycles. The predicted octanol–water partition coefficient (Wildman–Crippen LogP) is 1.61. The number of imidazole rings is 1. The van der Waals surface area contributed by atoms with E-state index in [1.807, 2.05) is 24.3 Å². The highest BCUT2D eigenvalue weighted by Crippen LogP contribution is 2.38. The normalized spacial score (nSPS) is 14.0. The summed E-state index contributed by atoms with van der Waals surface area (Å²) in [5.41, 5.74) is 0.588. The Morgan fingerprint density at radius 1 is 1.16 bits per heavy atom. The Morgan fingerprint density at radius 3 is 2.61 bits per heavy atom. The van der Waals surface area contributed by atoms with Gasteiger partial charge in [0.15, 0.2) is 23.2 Å². The van der Waals surface area contributed by atoms with Gasteiger partial charge in [0.05, 0.1) is 17.2 Å². The number of carbonyl (C=O) groups excluding carboxylic acids is 1. The number of aryl methyl sites for hydroxylation is 1. The molecule has 31 heavy (non-hydrogen) atoms. The van der Waals surface area contributed by atoms with E-state index in [9.17, 15) is 14.7 Å². The number of anilines is 1. The molecule has 1 aromatic carbocycles. The number of nitrogens with one attached hydrogen (secondary N) is 1. The topological polar surface area (TPSA) is 133 Å². The van der Waals surface area contributed by atoms with Crippen molar-refractivity contribution in [2.75, 3.05) is 5.32 Å². The van der Waals surface area contributed by atoms with Crippen LogP contribution in [0.4, 0.5) is 5.82 Å². The maximum Gasteiger partial charge on any atom is 0.296 e. The molecule has 0 aliphatic heterocycles. The van der Waals surface area contributed by atoms with Crippen LogP contribution in [0.25, 0.3) is 22.7 Å². The summed E-state index contributed by atoms with van der Waals surface area (Å²) in [5, 5.41) is 20.4. The van der Waals surface area contributed by atoms with E-state index in [4.69, 9.17) is 4.98 Å². The molecule has 1 amide bonds. The van der Waals surface area contributed by atoms with Crippen molar-refractivity contribution in [3.8, 4) is 17.4 Å². The first-order valence-electron chi connectivity index (χ1n) is 9.89. The monoisotopic (exact) mass is 420 g/mol. The van der Waals surface area contributed by atoms with Gasteiger partial charge in [-0.3, -0.25) is 18.8 Å². The second-order valence-electron chi connectivity index (χ2n) is 7.61. The van der Waals surface area contributed by atoms with Gasteiger partial charge in [0.1, 0.15) is 0 Å². The van der Waals surface area contributed by atoms with Crippen molar-refractivity contribution < 1.29 is 9.90 Å². The Kier molecular flexibility index (Phi) is 4.31. The second kappa shape index (κ2) is 7.04. The Bertz CT molecular complexity index is 1380. The SMILES string of the molecule is Cn1cc(NC(=O)c2nc(-c3nc4ccccc4n3C3CCC3)n(C)c(=O)c2O)nn1. The zero-order valence-electron chi connectivity index (χ0n) is 17.0. The van der Waals surface area contributed by atoms with Gasteiger partial charge in [-0.2, -0.15) is 0 Å². The van der Waals surface area contributed by atoms with Gasteiger partial charge in [-0.05, 0) is 31.4 Å². The summed E-state index contributed by atoms with van der Waals surface area (Å²) in [4.78, 5) is 34.6. The lowest BCUT2D eigenvalue weighted by Gasteiger charge is -2.29. The van der Waals surface area contributed by atoms with Crippen molar-refractivity contribution in [3.63, 3.8) is 0 Å². The fourth-order valence-corrected chi connectivity index (χ4v) is 3.75. The lowest BCUT2D eigenvalue weighted by atomic mass is 9.92. The molecule has 5 rings (SSSR count). The van der Waals surface area contributed by atoms with Crippen molar-refractivity contribution in [2.45, 2.75) is 25.3 Å². The highest BCUT2D eigenvalue weighted by atomic mass is 16.3. The van der Waals surface area contributed by atoms with Crippen molar-refractivity contribution in [1.82, 2.24) is 34.1 Å². The van der Waals surface area contributed by atoms with E-state index >= 15 is 0 Å². The minimum absolute atomic E-state index is 0.178. The van der Waals surface area contributed by atoms with Crippen LogP contribution in [-0.2, 0) is 14.1 Å². The average Bonchev–Trinajstić information content (AvgIpc) is 3.29. The second-order valence-corrected chi connectivity index (χ2v) is 7.61. The van der Waals surface area contributed by atoms with Crippen LogP contribution in [0.2, 0.25) is 0 Å². The summed E-state index contributed by atoms with van der Waals surface area (Å²) in [6, 6.07) is 7.95. The molecule has 158 valence electrons. The van der Waals surface area contributed by atoms with Gasteiger partial charge in [-0.1, -0.05) is 17.3 Å². The third-order valence-electron chi connectivity index (χ3n) is 5.56. The summed E-state index contributed by atoms with van der Waals surface area (Å²) in [6.45, 7) is 0. The van der Waals surface area contributed by atoms with Gasteiger partial charge in [-0.25, -0.2) is 9.97 Å². The van der Waals surface area contributed by atoms with Gasteiger partial charge in [0.25, 0.3) is 11.5 Å². The smallest absolute Gasteiger partial charge is 0.296 e. The number of amides is 1. The van der Waals surface area contributed by atoms with Crippen molar-refractivity contribution in [1.29, 1.82) is 0 Å². The lowest BCUT2D eigenvalue weighted by Crippen LogP contribution is -2.27. The molecule has 1 fully saturated rings. The first-order chi connectivity index (χ1) is 14.9. The molecule has 4 aromatic rings. The number of nitrogens with zero attached hydrogens (tertiary/aromatic N) is 7. The molecule has 11 heteroatoms. The van der Waals surface area contributed by atoms with Crippen molar-refractivity contribution in [3.05, 3.63) is 46.5 Å². The molecule has 3 aromatic heterocycles. The number of carbonyl (C=O) groups is 1. The summed E-state index contributed by atoms with van der Waals surface area (Å²) in [5.74, 6) is -0.630. The lowest BCUT2D eigenvalue weighted by molar-refractivity contribution is 0.101. The molecule has 0 spiro atoms. The van der Waals surface area contributed by atoms with Crippen molar-refractivity contribution >= 4 is 22.8 Å². The molecule has 2 N–H and O–H groups in total. The number of hydrogen-bond donors (Lipinski definition) is 2. The number of aromatic hydroxyl groups is 1. The number of hydrogen-bond acceptors (Lipinski definition) is 7. The minimum Gasteiger partial charge on any atom is -0.501 e. The van der Waals surface area contributed by atoms with E-state index < -0.39 is 22.9 Å². The molecular formula is C20H20N8O3. The predicted molar refractivity (Wildman–Crippen MR) is 112 cm³/mol. The maximum atomic E-state index is 12.8. The fraction of sp³-hybridized carbons (Fsp3) is 0.300. The minimum atomic E-state index is -0.761. The number of rotatable bonds is 4. The number of para-hydroxylation sites is 2. The summed E-state index contributed by atoms with van der Waals surface area (Å²) in [6.07, 6.45) is 4.61. The molecule has 11 nitrogen and oxygen atoms in total. The van der Waals surface area contributed by atoms with Crippen LogP contribution < -0.4 is 10.9 Å². The van der Waals surface area contributed by atoms with Crippen molar-refractivity contribution in [2.24, 2.45) is 14.1 Å². The van der Waals surface area contributed by atoms with E-state index in [-0.39, 0.29) is 17.7 Å². The zero-order valence-corrected chi connectivity index (χ0v) is 17.0. The summed E-state index contributed by atoms with van der Waals surface area (Å²) in [7, 11) is 3.15. The van der Waals surface area contributed by atoms with Gasteiger partial charge in [-0.15, -0.1) is 5.10 Å². The molecule has 1 aliphatic carbocycles. The molecule has 0 unspecified atom stereocenters. The first kappa shape index (κ1) is 19.0. The molecule has 3 heterocycles. The van der Waals surface area contributed by atoms with Crippen LogP contribution >= 0.6 is 0 Å². The third kappa shape index (κ3) is 3.05. The van der Waals surface area contributed by atoms with E-state index in [0.29, 0.717) is 5.82 Å². The zero-order chi connectivity index (χ0) is 21.7. The van der Waals surface area contributed by atoms with E-state index in [1.165, 1.54) is 22.5 Å². The molecule has 0 bridgehead atoms. The van der Waals surface area contributed by atoms with Crippen LogP contribution in [-0.4, -0.2) is 45.1 Å². The fourth-order valence-electron chi connectivity index (χ4n) is 3.75. The van der Waals surface area contributed by atoms with E-state index in [2.05, 4.69) is 25.2 Å². The Balaban J connectivity index is 1.67. The number of benzene rings is 1. The van der Waals surface area contributed by atoms with Gasteiger partial charge >= 0.3 is 0 Å². The highest BCUT2D eigenvalue weighted by Gasteiger charge is 2.29. The molecule has 1 aliphatic rings. The van der Waals surface area contributed by atoms with E-state index in [0.717, 1.165) is 30.3 Å². The summed E-state index contributed by atoms with van der Waals surface area (Å²) >= 11 is 0. The van der Waals surface area contributed by atoms with Gasteiger partial charge in [0.2, 0.25) is 5.75 Å². The molecule has 0 radical (unpaired) electrons.